The summed E-state index contributed by atoms with van der Waals surface area (Å²) >= 11 is 12.3. The summed E-state index contributed by atoms with van der Waals surface area (Å²) in [6, 6.07) is 3.14. The van der Waals surface area contributed by atoms with Gasteiger partial charge in [0.1, 0.15) is 22.7 Å². The van der Waals surface area contributed by atoms with Crippen LogP contribution in [0.5, 0.6) is 5.75 Å². The number of halogens is 2. The lowest BCUT2D eigenvalue weighted by Gasteiger charge is -2.48. The Morgan fingerprint density at radius 2 is 1.88 bits per heavy atom. The highest BCUT2D eigenvalue weighted by atomic mass is 35.5. The highest BCUT2D eigenvalue weighted by molar-refractivity contribution is 6.36. The Kier molecular flexibility index (Phi) is 4.94. The van der Waals surface area contributed by atoms with E-state index in [1.165, 1.54) is 0 Å². The summed E-state index contributed by atoms with van der Waals surface area (Å²) in [5, 5.41) is 0.699. The van der Waals surface area contributed by atoms with Crippen LogP contribution in [0, 0.1) is 0 Å². The molecule has 1 aromatic rings. The first kappa shape index (κ1) is 21.2. The van der Waals surface area contributed by atoms with Crippen LogP contribution in [-0.2, 0) is 9.59 Å². The van der Waals surface area contributed by atoms with E-state index in [1.807, 2.05) is 6.08 Å². The molecule has 5 rings (SSSR count). The van der Waals surface area contributed by atoms with Crippen molar-refractivity contribution in [3.8, 4) is 5.75 Å². The number of amides is 2. The maximum Gasteiger partial charge on any atom is 0.250 e. The first-order valence-electron chi connectivity index (χ1n) is 10.5. The molecule has 4 heterocycles. The molecular weight excluding hydrogens is 453 g/mol. The molecule has 1 unspecified atom stereocenters. The van der Waals surface area contributed by atoms with Crippen LogP contribution in [0.4, 0.5) is 0 Å². The first-order valence-corrected chi connectivity index (χ1v) is 11.2. The molecule has 0 aliphatic carbocycles. The fraction of sp³-hybridized carbons (Fsp3) is 0.391. The molecule has 0 bridgehead atoms. The van der Waals surface area contributed by atoms with Crippen molar-refractivity contribution in [3.05, 3.63) is 52.2 Å². The molecule has 1 saturated heterocycles. The molecule has 9 heteroatoms. The number of fused-ring (bicyclic) bond motifs is 2. The smallest absolute Gasteiger partial charge is 0.250 e. The van der Waals surface area contributed by atoms with Crippen molar-refractivity contribution in [2.45, 2.75) is 43.7 Å². The lowest BCUT2D eigenvalue weighted by molar-refractivity contribution is -0.147. The number of hydrogen-bond acceptors (Lipinski definition) is 5. The minimum absolute atomic E-state index is 0.00782. The van der Waals surface area contributed by atoms with E-state index in [9.17, 15) is 14.4 Å². The number of ether oxygens (including phenoxy) is 1. The van der Waals surface area contributed by atoms with Gasteiger partial charge in [-0.1, -0.05) is 29.3 Å². The van der Waals surface area contributed by atoms with Crippen molar-refractivity contribution in [3.63, 3.8) is 0 Å². The van der Waals surface area contributed by atoms with Gasteiger partial charge in [-0.05, 0) is 31.2 Å². The SMILES string of the molecule is CC1(C(=O)N2CCC3(CC2)CC(=O)c2cc(Cl)cc(Cl)c2O3)CC(=O)N=C2C=CC=CN21. The molecule has 1 spiro atoms. The van der Waals surface area contributed by atoms with Gasteiger partial charge >= 0.3 is 0 Å². The second-order valence-electron chi connectivity index (χ2n) is 8.83. The van der Waals surface area contributed by atoms with Crippen molar-refractivity contribution < 1.29 is 19.1 Å². The Bertz CT molecular complexity index is 1130. The molecule has 1 aromatic carbocycles. The number of rotatable bonds is 1. The summed E-state index contributed by atoms with van der Waals surface area (Å²) in [5.41, 5.74) is -1.35. The Morgan fingerprint density at radius 1 is 1.12 bits per heavy atom. The summed E-state index contributed by atoms with van der Waals surface area (Å²) in [5.74, 6) is 0.320. The summed E-state index contributed by atoms with van der Waals surface area (Å²) in [7, 11) is 0. The molecular formula is C23H21Cl2N3O4. The zero-order valence-electron chi connectivity index (χ0n) is 17.4. The maximum absolute atomic E-state index is 13.6. The standard InChI is InChI=1S/C23H21Cl2N3O4/c1-22(13-19(30)26-18-4-2-3-7-28(18)22)21(31)27-8-5-23(6-9-27)12-17(29)15-10-14(24)11-16(25)20(15)32-23/h2-4,7,10-11H,5-6,8-9,12-13H2,1H3. The Balaban J connectivity index is 1.35. The van der Waals surface area contributed by atoms with Gasteiger partial charge in [-0.3, -0.25) is 14.4 Å². The van der Waals surface area contributed by atoms with Gasteiger partial charge in [0.15, 0.2) is 5.78 Å². The van der Waals surface area contributed by atoms with Crippen LogP contribution in [-0.4, -0.2) is 57.5 Å². The number of benzene rings is 1. The summed E-state index contributed by atoms with van der Waals surface area (Å²) in [6.45, 7) is 2.60. The van der Waals surface area contributed by atoms with E-state index in [0.29, 0.717) is 53.1 Å². The van der Waals surface area contributed by atoms with E-state index < -0.39 is 11.1 Å². The van der Waals surface area contributed by atoms with E-state index >= 15 is 0 Å². The van der Waals surface area contributed by atoms with Crippen molar-refractivity contribution in [1.82, 2.24) is 9.80 Å². The third-order valence-electron chi connectivity index (χ3n) is 6.64. The molecule has 7 nitrogen and oxygen atoms in total. The number of ketones is 1. The monoisotopic (exact) mass is 473 g/mol. The summed E-state index contributed by atoms with van der Waals surface area (Å²) < 4.78 is 6.26. The van der Waals surface area contributed by atoms with Crippen LogP contribution in [0.15, 0.2) is 41.6 Å². The lowest BCUT2D eigenvalue weighted by Crippen LogP contribution is -2.63. The summed E-state index contributed by atoms with van der Waals surface area (Å²) in [6.07, 6.45) is 8.31. The number of piperidine rings is 1. The van der Waals surface area contributed by atoms with E-state index in [-0.39, 0.29) is 30.4 Å². The van der Waals surface area contributed by atoms with Crippen molar-refractivity contribution in [1.29, 1.82) is 0 Å². The highest BCUT2D eigenvalue weighted by Gasteiger charge is 2.50. The van der Waals surface area contributed by atoms with Gasteiger partial charge in [-0.15, -0.1) is 0 Å². The Hall–Kier alpha value is -2.64. The molecule has 4 aliphatic rings. The summed E-state index contributed by atoms with van der Waals surface area (Å²) in [4.78, 5) is 46.2. The number of hydrogen-bond donors (Lipinski definition) is 0. The van der Waals surface area contributed by atoms with Gasteiger partial charge in [0.05, 0.1) is 23.4 Å². The quantitative estimate of drug-likeness (QED) is 0.619. The Morgan fingerprint density at radius 3 is 2.62 bits per heavy atom. The topological polar surface area (TPSA) is 79.3 Å². The number of carbonyl (C=O) groups is 3. The third kappa shape index (κ3) is 3.35. The van der Waals surface area contributed by atoms with Gasteiger partial charge in [0, 0.05) is 37.2 Å². The van der Waals surface area contributed by atoms with E-state index in [0.717, 1.165) is 0 Å². The molecule has 2 amide bonds. The average Bonchev–Trinajstić information content (AvgIpc) is 2.75. The zero-order valence-corrected chi connectivity index (χ0v) is 18.9. The van der Waals surface area contributed by atoms with Crippen molar-refractivity contribution in [2.24, 2.45) is 4.99 Å². The number of carbonyl (C=O) groups excluding carboxylic acids is 3. The van der Waals surface area contributed by atoms with Crippen LogP contribution < -0.4 is 4.74 Å². The minimum Gasteiger partial charge on any atom is -0.484 e. The molecule has 32 heavy (non-hydrogen) atoms. The normalized spacial score (nSPS) is 25.9. The largest absolute Gasteiger partial charge is 0.484 e. The molecule has 0 saturated carbocycles. The molecule has 1 fully saturated rings. The van der Waals surface area contributed by atoms with Gasteiger partial charge in [0.25, 0.3) is 5.91 Å². The molecule has 0 radical (unpaired) electrons. The average molecular weight is 474 g/mol. The van der Waals surface area contributed by atoms with Crippen LogP contribution in [0.3, 0.4) is 0 Å². The fourth-order valence-corrected chi connectivity index (χ4v) is 5.45. The van der Waals surface area contributed by atoms with Crippen molar-refractivity contribution >= 4 is 46.6 Å². The first-order chi connectivity index (χ1) is 15.2. The third-order valence-corrected chi connectivity index (χ3v) is 7.14. The van der Waals surface area contributed by atoms with Crippen molar-refractivity contribution in [2.75, 3.05) is 13.1 Å². The van der Waals surface area contributed by atoms with Crippen LogP contribution >= 0.6 is 23.2 Å². The molecule has 166 valence electrons. The number of amidine groups is 1. The molecule has 4 aliphatic heterocycles. The number of aliphatic imine (C=N–C) groups is 1. The van der Waals surface area contributed by atoms with E-state index in [2.05, 4.69) is 4.99 Å². The number of likely N-dealkylation sites (tertiary alicyclic amines) is 1. The van der Waals surface area contributed by atoms with Crippen LogP contribution in [0.25, 0.3) is 0 Å². The second-order valence-corrected chi connectivity index (χ2v) is 9.67. The predicted molar refractivity (Wildman–Crippen MR) is 120 cm³/mol. The van der Waals surface area contributed by atoms with E-state index in [1.54, 1.807) is 47.2 Å². The second kappa shape index (κ2) is 7.46. The fourth-order valence-electron chi connectivity index (χ4n) is 4.92. The van der Waals surface area contributed by atoms with Gasteiger partial charge in [-0.25, -0.2) is 0 Å². The maximum atomic E-state index is 13.6. The number of nitrogens with zero attached hydrogens (tertiary/aromatic N) is 3. The number of allylic oxidation sites excluding steroid dienone is 2. The predicted octanol–water partition coefficient (Wildman–Crippen LogP) is 3.79. The van der Waals surface area contributed by atoms with Gasteiger partial charge in [-0.2, -0.15) is 4.99 Å². The lowest BCUT2D eigenvalue weighted by atomic mass is 9.81. The molecule has 0 N–H and O–H groups in total. The highest BCUT2D eigenvalue weighted by Crippen LogP contribution is 2.44. The zero-order chi connectivity index (χ0) is 22.7. The number of Topliss-reactive ketones (excluding diaryl/α,β-unsaturated/α-hetero) is 1. The molecule has 0 aromatic heterocycles. The minimum atomic E-state index is -1.05. The van der Waals surface area contributed by atoms with Crippen LogP contribution in [0.1, 0.15) is 43.0 Å². The van der Waals surface area contributed by atoms with E-state index in [4.69, 9.17) is 27.9 Å². The van der Waals surface area contributed by atoms with Gasteiger partial charge < -0.3 is 14.5 Å². The van der Waals surface area contributed by atoms with Gasteiger partial charge in [0.2, 0.25) is 5.91 Å². The Labute approximate surface area is 195 Å². The van der Waals surface area contributed by atoms with Crippen LogP contribution in [0.2, 0.25) is 10.0 Å². The molecule has 1 atom stereocenters.